The number of aromatic nitrogens is 2. The summed E-state index contributed by atoms with van der Waals surface area (Å²) in [6, 6.07) is 3.87. The van der Waals surface area contributed by atoms with E-state index in [-0.39, 0.29) is 25.3 Å². The van der Waals surface area contributed by atoms with Crippen molar-refractivity contribution in [3.05, 3.63) is 30.2 Å². The van der Waals surface area contributed by atoms with Crippen LogP contribution in [0.2, 0.25) is 0 Å². The molecule has 2 N–H and O–H groups in total. The molecule has 8 nitrogen and oxygen atoms in total. The largest absolute Gasteiger partial charge is 0.481 e. The van der Waals surface area contributed by atoms with Gasteiger partial charge in [0.1, 0.15) is 5.60 Å². The summed E-state index contributed by atoms with van der Waals surface area (Å²) in [6.45, 7) is 6.74. The number of rotatable bonds is 7. The van der Waals surface area contributed by atoms with Crippen LogP contribution in [0.15, 0.2) is 24.5 Å². The zero-order chi connectivity index (χ0) is 22.1. The van der Waals surface area contributed by atoms with Gasteiger partial charge in [-0.3, -0.25) is 19.6 Å². The highest BCUT2D eigenvalue weighted by Gasteiger charge is 2.39. The Kier molecular flexibility index (Phi) is 5.99. The van der Waals surface area contributed by atoms with Gasteiger partial charge in [0.25, 0.3) is 0 Å². The maximum atomic E-state index is 12.6. The highest BCUT2D eigenvalue weighted by atomic mass is 16.4. The van der Waals surface area contributed by atoms with Gasteiger partial charge in [-0.15, -0.1) is 0 Å². The molecule has 2 aromatic rings. The molecular formula is C22H30N4O4. The van der Waals surface area contributed by atoms with Gasteiger partial charge in [-0.2, -0.15) is 0 Å². The number of pyridine rings is 2. The first-order chi connectivity index (χ1) is 14.0. The van der Waals surface area contributed by atoms with Gasteiger partial charge in [0.05, 0.1) is 18.5 Å². The van der Waals surface area contributed by atoms with E-state index in [0.29, 0.717) is 19.5 Å². The number of hydrogen-bond acceptors (Lipinski definition) is 6. The number of hydrogen-bond donors (Lipinski definition) is 2. The van der Waals surface area contributed by atoms with Gasteiger partial charge in [-0.25, -0.2) is 0 Å². The first-order valence-corrected chi connectivity index (χ1v) is 10.1. The number of aliphatic carboxylic acids is 1. The molecule has 1 atom stereocenters. The Balaban J connectivity index is 1.70. The molecule has 0 saturated carbocycles. The molecule has 3 rings (SSSR count). The van der Waals surface area contributed by atoms with Crippen LogP contribution in [-0.4, -0.2) is 69.2 Å². The van der Waals surface area contributed by atoms with Crippen LogP contribution >= 0.6 is 0 Å². The van der Waals surface area contributed by atoms with Crippen molar-refractivity contribution in [1.82, 2.24) is 14.9 Å². The van der Waals surface area contributed by atoms with E-state index in [1.807, 2.05) is 19.1 Å². The standard InChI is InChI=1S/C22H30N4O4/c1-15-9-18(16-12-23-7-5-17(16)24-15)26-8-6-22(30,14-26)13-25(4)19(27)10-21(2,3)11-20(28)29/h5,7,9,12,30H,6,8,10-11,13-14H2,1-4H3,(H,28,29)/t22-/m1/s1. The summed E-state index contributed by atoms with van der Waals surface area (Å²) in [6.07, 6.45) is 4.08. The molecule has 2 aromatic heterocycles. The summed E-state index contributed by atoms with van der Waals surface area (Å²) in [5.74, 6) is -1.09. The zero-order valence-corrected chi connectivity index (χ0v) is 18.1. The van der Waals surface area contributed by atoms with E-state index < -0.39 is 17.0 Å². The molecule has 0 aliphatic carbocycles. The molecule has 0 aromatic carbocycles. The average Bonchev–Trinajstić information content (AvgIpc) is 3.01. The Morgan fingerprint density at radius 1 is 1.33 bits per heavy atom. The van der Waals surface area contributed by atoms with Crippen molar-refractivity contribution in [3.8, 4) is 0 Å². The van der Waals surface area contributed by atoms with Gasteiger partial charge in [-0.05, 0) is 30.9 Å². The Hall–Kier alpha value is -2.74. The summed E-state index contributed by atoms with van der Waals surface area (Å²) in [5.41, 5.74) is 1.07. The first-order valence-electron chi connectivity index (χ1n) is 10.1. The van der Waals surface area contributed by atoms with Gasteiger partial charge < -0.3 is 20.0 Å². The molecule has 0 bridgehead atoms. The average molecular weight is 415 g/mol. The summed E-state index contributed by atoms with van der Waals surface area (Å²) < 4.78 is 0. The number of anilines is 1. The number of nitrogens with zero attached hydrogens (tertiary/aromatic N) is 4. The number of amides is 1. The molecule has 1 aliphatic rings. The van der Waals surface area contributed by atoms with Gasteiger partial charge in [0, 0.05) is 55.7 Å². The Morgan fingerprint density at radius 3 is 2.77 bits per heavy atom. The molecule has 1 fully saturated rings. The zero-order valence-electron chi connectivity index (χ0n) is 18.1. The third-order valence-electron chi connectivity index (χ3n) is 5.61. The van der Waals surface area contributed by atoms with E-state index in [0.717, 1.165) is 22.3 Å². The van der Waals surface area contributed by atoms with Crippen molar-refractivity contribution >= 4 is 28.5 Å². The Labute approximate surface area is 176 Å². The number of β-amino-alcohol motifs (C(OH)–C–C–N with tert-alkyl or cyclic N) is 1. The molecule has 30 heavy (non-hydrogen) atoms. The number of fused-ring (bicyclic) bond motifs is 1. The minimum atomic E-state index is -1.03. The normalized spacial score (nSPS) is 19.3. The maximum absolute atomic E-state index is 12.6. The molecule has 0 unspecified atom stereocenters. The molecular weight excluding hydrogens is 384 g/mol. The van der Waals surface area contributed by atoms with Crippen molar-refractivity contribution < 1.29 is 19.8 Å². The highest BCUT2D eigenvalue weighted by molar-refractivity contribution is 5.91. The van der Waals surface area contributed by atoms with E-state index in [4.69, 9.17) is 5.11 Å². The topological polar surface area (TPSA) is 107 Å². The van der Waals surface area contributed by atoms with Gasteiger partial charge in [0.2, 0.25) is 5.91 Å². The number of carbonyl (C=O) groups is 2. The monoisotopic (exact) mass is 414 g/mol. The lowest BCUT2D eigenvalue weighted by Gasteiger charge is -2.31. The fourth-order valence-corrected chi connectivity index (χ4v) is 4.18. The second-order valence-electron chi connectivity index (χ2n) is 9.23. The number of carboxylic acid groups (broad SMARTS) is 1. The number of aliphatic hydroxyl groups is 1. The van der Waals surface area contributed by atoms with E-state index in [1.54, 1.807) is 33.3 Å². The first kappa shape index (κ1) is 22.0. The fraction of sp³-hybridized carbons (Fsp3) is 0.545. The third-order valence-corrected chi connectivity index (χ3v) is 5.61. The highest BCUT2D eigenvalue weighted by Crippen LogP contribution is 2.33. The van der Waals surface area contributed by atoms with Crippen molar-refractivity contribution in [2.45, 2.75) is 45.6 Å². The predicted molar refractivity (Wildman–Crippen MR) is 114 cm³/mol. The molecule has 162 valence electrons. The van der Waals surface area contributed by atoms with Crippen LogP contribution in [0.5, 0.6) is 0 Å². The SMILES string of the molecule is Cc1cc(N2CC[C@@](O)(CN(C)C(=O)CC(C)(C)CC(=O)O)C2)c2cnccc2n1. The quantitative estimate of drug-likeness (QED) is 0.715. The molecule has 3 heterocycles. The van der Waals surface area contributed by atoms with Crippen LogP contribution in [0.4, 0.5) is 5.69 Å². The van der Waals surface area contributed by atoms with Crippen LogP contribution in [0, 0.1) is 12.3 Å². The van der Waals surface area contributed by atoms with Gasteiger partial charge in [0.15, 0.2) is 0 Å². The lowest BCUT2D eigenvalue weighted by atomic mass is 9.85. The summed E-state index contributed by atoms with van der Waals surface area (Å²) >= 11 is 0. The molecule has 1 amide bonds. The minimum absolute atomic E-state index is 0.0763. The lowest BCUT2D eigenvalue weighted by Crippen LogP contribution is -2.46. The molecule has 0 radical (unpaired) electrons. The summed E-state index contributed by atoms with van der Waals surface area (Å²) in [4.78, 5) is 36.0. The third kappa shape index (κ3) is 5.05. The number of aryl methyl sites for hydroxylation is 1. The van der Waals surface area contributed by atoms with Crippen molar-refractivity contribution in [2.24, 2.45) is 5.41 Å². The van der Waals surface area contributed by atoms with Gasteiger partial charge >= 0.3 is 5.97 Å². The predicted octanol–water partition coefficient (Wildman–Crippen LogP) is 2.23. The van der Waals surface area contributed by atoms with E-state index in [2.05, 4.69) is 14.9 Å². The number of likely N-dealkylation sites (N-methyl/N-ethyl adjacent to an activating group) is 1. The second kappa shape index (κ2) is 8.18. The maximum Gasteiger partial charge on any atom is 0.303 e. The number of carbonyl (C=O) groups excluding carboxylic acids is 1. The van der Waals surface area contributed by atoms with Crippen molar-refractivity contribution in [1.29, 1.82) is 0 Å². The molecule has 1 aliphatic heterocycles. The van der Waals surface area contributed by atoms with Crippen molar-refractivity contribution in [3.63, 3.8) is 0 Å². The lowest BCUT2D eigenvalue weighted by molar-refractivity contribution is -0.141. The molecule has 0 spiro atoms. The Morgan fingerprint density at radius 2 is 2.07 bits per heavy atom. The van der Waals surface area contributed by atoms with E-state index in [9.17, 15) is 14.7 Å². The van der Waals surface area contributed by atoms with E-state index >= 15 is 0 Å². The summed E-state index contributed by atoms with van der Waals surface area (Å²) in [7, 11) is 1.66. The Bertz CT molecular complexity index is 961. The molecule has 8 heteroatoms. The van der Waals surface area contributed by atoms with Crippen LogP contribution < -0.4 is 4.90 Å². The fourth-order valence-electron chi connectivity index (χ4n) is 4.18. The smallest absolute Gasteiger partial charge is 0.303 e. The summed E-state index contributed by atoms with van der Waals surface area (Å²) in [5, 5.41) is 21.1. The van der Waals surface area contributed by atoms with Crippen LogP contribution in [0.3, 0.4) is 0 Å². The van der Waals surface area contributed by atoms with Crippen molar-refractivity contribution in [2.75, 3.05) is 31.6 Å². The number of carboxylic acids is 1. The van der Waals surface area contributed by atoms with Gasteiger partial charge in [-0.1, -0.05) is 13.8 Å². The van der Waals surface area contributed by atoms with Crippen LogP contribution in [-0.2, 0) is 9.59 Å². The van der Waals surface area contributed by atoms with Crippen LogP contribution in [0.1, 0.15) is 38.8 Å². The van der Waals surface area contributed by atoms with E-state index in [1.165, 1.54) is 4.90 Å². The minimum Gasteiger partial charge on any atom is -0.481 e. The van der Waals surface area contributed by atoms with Crippen LogP contribution in [0.25, 0.3) is 10.9 Å². The molecule has 1 saturated heterocycles. The second-order valence-corrected chi connectivity index (χ2v) is 9.23.